The molecule has 1 aromatic carbocycles. The molecular weight excluding hydrogens is 279 g/mol. The van der Waals surface area contributed by atoms with E-state index in [0.717, 1.165) is 0 Å². The topological polar surface area (TPSA) is 52.3 Å². The highest BCUT2D eigenvalue weighted by atomic mass is 32.2. The number of benzene rings is 1. The van der Waals surface area contributed by atoms with Crippen molar-refractivity contribution in [3.63, 3.8) is 0 Å². The maximum absolute atomic E-state index is 12.3. The highest BCUT2D eigenvalue weighted by Crippen LogP contribution is 2.38. The Morgan fingerprint density at radius 3 is 2.58 bits per heavy atom. The summed E-state index contributed by atoms with van der Waals surface area (Å²) in [6.45, 7) is 1.54. The average Bonchev–Trinajstić information content (AvgIpc) is 2.51. The molecule has 1 unspecified atom stereocenters. The van der Waals surface area contributed by atoms with Crippen molar-refractivity contribution in [1.82, 2.24) is 0 Å². The van der Waals surface area contributed by atoms with Gasteiger partial charge < -0.3 is 10.5 Å². The Labute approximate surface area is 111 Å². The fraction of sp³-hybridized carbons (Fsp3) is 0.250. The first-order chi connectivity index (χ1) is 8.78. The number of hydrogen-bond donors (Lipinski definition) is 1. The predicted octanol–water partition coefficient (Wildman–Crippen LogP) is 2.91. The van der Waals surface area contributed by atoms with Crippen LogP contribution in [0.5, 0.6) is 0 Å². The Kier molecular flexibility index (Phi) is 3.49. The molecule has 1 aliphatic rings. The van der Waals surface area contributed by atoms with Gasteiger partial charge in [0.05, 0.1) is 5.57 Å². The SMILES string of the molecule is CC1OC(N)=C(c2cccc(SC(F)(F)F)c2)C1=O. The molecule has 0 radical (unpaired) electrons. The van der Waals surface area contributed by atoms with E-state index in [4.69, 9.17) is 10.5 Å². The minimum absolute atomic E-state index is 0.00217. The van der Waals surface area contributed by atoms with E-state index in [1.807, 2.05) is 0 Å². The van der Waals surface area contributed by atoms with Crippen molar-refractivity contribution in [2.45, 2.75) is 23.4 Å². The second kappa shape index (κ2) is 4.80. The van der Waals surface area contributed by atoms with Gasteiger partial charge in [-0.25, -0.2) is 0 Å². The van der Waals surface area contributed by atoms with Gasteiger partial charge in [0, 0.05) is 4.90 Å². The van der Waals surface area contributed by atoms with E-state index in [9.17, 15) is 18.0 Å². The van der Waals surface area contributed by atoms with Crippen molar-refractivity contribution in [3.8, 4) is 0 Å². The van der Waals surface area contributed by atoms with E-state index in [2.05, 4.69) is 0 Å². The van der Waals surface area contributed by atoms with Gasteiger partial charge in [0.15, 0.2) is 12.0 Å². The summed E-state index contributed by atoms with van der Waals surface area (Å²) in [7, 11) is 0. The van der Waals surface area contributed by atoms with Crippen LogP contribution in [0.25, 0.3) is 5.57 Å². The smallest absolute Gasteiger partial charge is 0.446 e. The summed E-state index contributed by atoms with van der Waals surface area (Å²) in [6, 6.07) is 5.57. The molecule has 0 aromatic heterocycles. The molecule has 1 aliphatic heterocycles. The minimum atomic E-state index is -4.37. The third kappa shape index (κ3) is 3.04. The number of carbonyl (C=O) groups excluding carboxylic acids is 1. The first-order valence-corrected chi connectivity index (χ1v) is 6.16. The van der Waals surface area contributed by atoms with Gasteiger partial charge in [-0.15, -0.1) is 0 Å². The lowest BCUT2D eigenvalue weighted by molar-refractivity contribution is -0.119. The third-order valence-electron chi connectivity index (χ3n) is 2.52. The Morgan fingerprint density at radius 2 is 2.05 bits per heavy atom. The molecule has 0 bridgehead atoms. The molecule has 2 N–H and O–H groups in total. The number of thioether (sulfide) groups is 1. The number of Topliss-reactive ketones (excluding diaryl/α,β-unsaturated/α-hetero) is 1. The maximum atomic E-state index is 12.3. The number of carbonyl (C=O) groups is 1. The summed E-state index contributed by atoms with van der Waals surface area (Å²) in [5.41, 5.74) is 1.67. The number of rotatable bonds is 2. The lowest BCUT2D eigenvalue weighted by atomic mass is 10.0. The minimum Gasteiger partial charge on any atom is -0.467 e. The van der Waals surface area contributed by atoms with E-state index in [1.54, 1.807) is 0 Å². The van der Waals surface area contributed by atoms with Crippen molar-refractivity contribution >= 4 is 23.1 Å². The summed E-state index contributed by atoms with van der Waals surface area (Å²) in [5, 5.41) is 0. The monoisotopic (exact) mass is 289 g/mol. The molecule has 0 spiro atoms. The molecule has 1 atom stereocenters. The first kappa shape index (κ1) is 13.8. The first-order valence-electron chi connectivity index (χ1n) is 5.35. The standard InChI is InChI=1S/C12H10F3NO2S/c1-6-10(17)9(11(16)18-6)7-3-2-4-8(5-7)19-12(13,14)15/h2-6H,16H2,1H3. The quantitative estimate of drug-likeness (QED) is 0.851. The van der Waals surface area contributed by atoms with Gasteiger partial charge in [-0.1, -0.05) is 12.1 Å². The Hall–Kier alpha value is -1.63. The summed E-state index contributed by atoms with van der Waals surface area (Å²) in [5.74, 6) is -0.377. The second-order valence-corrected chi connectivity index (χ2v) is 5.08. The highest BCUT2D eigenvalue weighted by molar-refractivity contribution is 8.00. The van der Waals surface area contributed by atoms with Gasteiger partial charge in [0.2, 0.25) is 5.78 Å². The van der Waals surface area contributed by atoms with Gasteiger partial charge in [0.1, 0.15) is 0 Å². The van der Waals surface area contributed by atoms with Crippen LogP contribution in [0.1, 0.15) is 12.5 Å². The molecule has 2 rings (SSSR count). The summed E-state index contributed by atoms with van der Waals surface area (Å²) in [4.78, 5) is 11.8. The fourth-order valence-electron chi connectivity index (χ4n) is 1.76. The van der Waals surface area contributed by atoms with Crippen molar-refractivity contribution in [2.24, 2.45) is 5.73 Å². The number of halogens is 3. The fourth-order valence-corrected chi connectivity index (χ4v) is 2.36. The zero-order chi connectivity index (χ0) is 14.2. The molecule has 0 aliphatic carbocycles. The van der Waals surface area contributed by atoms with E-state index < -0.39 is 11.6 Å². The molecule has 3 nitrogen and oxygen atoms in total. The number of hydrogen-bond acceptors (Lipinski definition) is 4. The van der Waals surface area contributed by atoms with Crippen molar-refractivity contribution < 1.29 is 22.7 Å². The number of ether oxygens (including phenoxy) is 1. The molecule has 0 fully saturated rings. The zero-order valence-corrected chi connectivity index (χ0v) is 10.6. The van der Waals surface area contributed by atoms with Crippen LogP contribution in [0.4, 0.5) is 13.2 Å². The van der Waals surface area contributed by atoms with Crippen LogP contribution in [0.2, 0.25) is 0 Å². The van der Waals surface area contributed by atoms with Gasteiger partial charge in [-0.3, -0.25) is 4.79 Å². The maximum Gasteiger partial charge on any atom is 0.446 e. The molecule has 102 valence electrons. The van der Waals surface area contributed by atoms with Gasteiger partial charge in [-0.05, 0) is 36.4 Å². The van der Waals surface area contributed by atoms with E-state index in [1.165, 1.54) is 31.2 Å². The lowest BCUT2D eigenvalue weighted by Gasteiger charge is -2.07. The van der Waals surface area contributed by atoms with Gasteiger partial charge in [0.25, 0.3) is 0 Å². The third-order valence-corrected chi connectivity index (χ3v) is 3.24. The van der Waals surface area contributed by atoms with Crippen LogP contribution in [0.15, 0.2) is 35.0 Å². The molecule has 7 heteroatoms. The number of nitrogens with two attached hydrogens (primary N) is 1. The molecule has 19 heavy (non-hydrogen) atoms. The number of alkyl halides is 3. The van der Waals surface area contributed by atoms with Crippen LogP contribution in [0, 0.1) is 0 Å². The van der Waals surface area contributed by atoms with Crippen LogP contribution in [-0.2, 0) is 9.53 Å². The molecular formula is C12H10F3NO2S. The number of ketones is 1. The van der Waals surface area contributed by atoms with Gasteiger partial charge in [-0.2, -0.15) is 13.2 Å². The molecule has 0 saturated carbocycles. The molecule has 1 aromatic rings. The van der Waals surface area contributed by atoms with E-state index in [0.29, 0.717) is 5.56 Å². The Balaban J connectivity index is 2.35. The van der Waals surface area contributed by atoms with Crippen molar-refractivity contribution in [1.29, 1.82) is 0 Å². The van der Waals surface area contributed by atoms with Crippen LogP contribution in [0.3, 0.4) is 0 Å². The summed E-state index contributed by atoms with van der Waals surface area (Å²) >= 11 is -0.239. The normalized spacial score (nSPS) is 19.8. The lowest BCUT2D eigenvalue weighted by Crippen LogP contribution is -2.13. The molecule has 0 amide bonds. The Bertz CT molecular complexity index is 554. The Morgan fingerprint density at radius 1 is 1.37 bits per heavy atom. The van der Waals surface area contributed by atoms with Crippen LogP contribution < -0.4 is 5.73 Å². The van der Waals surface area contributed by atoms with Crippen LogP contribution in [-0.4, -0.2) is 17.4 Å². The van der Waals surface area contributed by atoms with E-state index in [-0.39, 0.29) is 33.9 Å². The van der Waals surface area contributed by atoms with Gasteiger partial charge >= 0.3 is 5.51 Å². The second-order valence-electron chi connectivity index (χ2n) is 3.94. The molecule has 0 saturated heterocycles. The molecule has 1 heterocycles. The summed E-state index contributed by atoms with van der Waals surface area (Å²) < 4.78 is 42.0. The van der Waals surface area contributed by atoms with Crippen LogP contribution >= 0.6 is 11.8 Å². The average molecular weight is 289 g/mol. The predicted molar refractivity (Wildman–Crippen MR) is 65.0 cm³/mol. The highest BCUT2D eigenvalue weighted by Gasteiger charge is 2.33. The summed E-state index contributed by atoms with van der Waals surface area (Å²) in [6.07, 6.45) is -0.700. The largest absolute Gasteiger partial charge is 0.467 e. The van der Waals surface area contributed by atoms with E-state index >= 15 is 0 Å². The van der Waals surface area contributed by atoms with Crippen molar-refractivity contribution in [2.75, 3.05) is 0 Å². The zero-order valence-electron chi connectivity index (χ0n) is 9.82. The van der Waals surface area contributed by atoms with Crippen molar-refractivity contribution in [3.05, 3.63) is 35.7 Å².